The van der Waals surface area contributed by atoms with Crippen LogP contribution in [0.1, 0.15) is 5.56 Å². The van der Waals surface area contributed by atoms with Gasteiger partial charge in [0.2, 0.25) is 0 Å². The summed E-state index contributed by atoms with van der Waals surface area (Å²) in [5, 5.41) is 11.5. The van der Waals surface area contributed by atoms with Gasteiger partial charge >= 0.3 is 6.04 Å². The lowest BCUT2D eigenvalue weighted by Gasteiger charge is -2.10. The maximum atomic E-state index is 11.8. The molecule has 0 unspecified atom stereocenters. The summed E-state index contributed by atoms with van der Waals surface area (Å²) in [5.74, 6) is -0.663. The minimum atomic E-state index is -1.75. The van der Waals surface area contributed by atoms with Crippen molar-refractivity contribution in [2.45, 2.75) is 0 Å². The third-order valence-electron chi connectivity index (χ3n) is 1.37. The van der Waals surface area contributed by atoms with E-state index in [9.17, 15) is 14.3 Å². The summed E-state index contributed by atoms with van der Waals surface area (Å²) in [5.41, 5.74) is 0.232. The minimum Gasteiger partial charge on any atom is -0.872 e. The van der Waals surface area contributed by atoms with Crippen LogP contribution < -0.4 is 5.11 Å². The summed E-state index contributed by atoms with van der Waals surface area (Å²) >= 11 is 5.56. The number of carbonyl (C=O) groups is 1. The molecule has 0 N–H and O–H groups in total. The van der Waals surface area contributed by atoms with Gasteiger partial charge in [0, 0.05) is 11.1 Å². The van der Waals surface area contributed by atoms with Crippen molar-refractivity contribution < 1.29 is 14.3 Å². The van der Waals surface area contributed by atoms with Gasteiger partial charge in [-0.1, -0.05) is 29.5 Å². The van der Waals surface area contributed by atoms with Crippen LogP contribution in [0.5, 0.6) is 0 Å². The summed E-state index contributed by atoms with van der Waals surface area (Å²) in [7, 11) is 0. The standard InChI is InChI=1S/C9H6ClFO2/c10-7-3-1-6(2-4-7)8(12)5-9(11)13/h1-5,12H/p-1/b8-5-. The Morgan fingerprint density at radius 1 is 1.38 bits per heavy atom. The van der Waals surface area contributed by atoms with Gasteiger partial charge in [-0.25, -0.2) is 0 Å². The second kappa shape index (κ2) is 4.05. The Morgan fingerprint density at radius 3 is 2.38 bits per heavy atom. The quantitative estimate of drug-likeness (QED) is 0.412. The highest BCUT2D eigenvalue weighted by molar-refractivity contribution is 6.30. The molecule has 0 aliphatic carbocycles. The second-order valence-electron chi connectivity index (χ2n) is 2.32. The van der Waals surface area contributed by atoms with Gasteiger partial charge in [-0.3, -0.25) is 4.79 Å². The molecule has 0 aliphatic heterocycles. The monoisotopic (exact) mass is 199 g/mol. The second-order valence-corrected chi connectivity index (χ2v) is 2.76. The number of rotatable bonds is 2. The lowest BCUT2D eigenvalue weighted by molar-refractivity contribution is -0.244. The van der Waals surface area contributed by atoms with E-state index in [0.29, 0.717) is 11.1 Å². The molecule has 0 fully saturated rings. The van der Waals surface area contributed by atoms with Crippen LogP contribution >= 0.6 is 11.6 Å². The van der Waals surface area contributed by atoms with E-state index in [4.69, 9.17) is 11.6 Å². The number of hydrogen-bond donors (Lipinski definition) is 0. The summed E-state index contributed by atoms with van der Waals surface area (Å²) in [6.45, 7) is 0. The van der Waals surface area contributed by atoms with Crippen LogP contribution in [0.3, 0.4) is 0 Å². The Bertz CT molecular complexity index is 343. The first-order valence-electron chi connectivity index (χ1n) is 3.43. The SMILES string of the molecule is O=C(F)/C=C(\[O-])c1ccc(Cl)cc1. The van der Waals surface area contributed by atoms with Crippen molar-refractivity contribution in [1.29, 1.82) is 0 Å². The average Bonchev–Trinajstić information content (AvgIpc) is 2.04. The Hall–Kier alpha value is -1.35. The number of benzene rings is 1. The van der Waals surface area contributed by atoms with Crippen molar-refractivity contribution in [3.63, 3.8) is 0 Å². The van der Waals surface area contributed by atoms with Crippen molar-refractivity contribution in [1.82, 2.24) is 0 Å². The van der Waals surface area contributed by atoms with Crippen LogP contribution in [0.25, 0.3) is 5.76 Å². The topological polar surface area (TPSA) is 40.1 Å². The van der Waals surface area contributed by atoms with Crippen LogP contribution in [0.4, 0.5) is 4.39 Å². The Labute approximate surface area is 79.3 Å². The summed E-state index contributed by atoms with van der Waals surface area (Å²) in [4.78, 5) is 9.93. The van der Waals surface area contributed by atoms with Crippen molar-refractivity contribution in [2.24, 2.45) is 0 Å². The van der Waals surface area contributed by atoms with E-state index in [0.717, 1.165) is 0 Å². The normalized spacial score (nSPS) is 11.4. The van der Waals surface area contributed by atoms with Gasteiger partial charge < -0.3 is 5.11 Å². The van der Waals surface area contributed by atoms with Gasteiger partial charge in [-0.2, -0.15) is 4.39 Å². The fourth-order valence-electron chi connectivity index (χ4n) is 0.801. The zero-order valence-electron chi connectivity index (χ0n) is 6.46. The fraction of sp³-hybridized carbons (Fsp3) is 0. The highest BCUT2D eigenvalue weighted by Gasteiger charge is 1.94. The molecule has 13 heavy (non-hydrogen) atoms. The van der Waals surface area contributed by atoms with Gasteiger partial charge in [-0.05, 0) is 17.7 Å². The first-order chi connectivity index (χ1) is 6.09. The molecule has 0 heterocycles. The van der Waals surface area contributed by atoms with E-state index in [2.05, 4.69) is 0 Å². The van der Waals surface area contributed by atoms with Gasteiger partial charge in [0.15, 0.2) is 0 Å². The van der Waals surface area contributed by atoms with Crippen LogP contribution in [0.2, 0.25) is 5.02 Å². The molecule has 2 nitrogen and oxygen atoms in total. The average molecular weight is 200 g/mol. The van der Waals surface area contributed by atoms with Crippen molar-refractivity contribution in [2.75, 3.05) is 0 Å². The molecule has 0 aromatic heterocycles. The molecule has 0 amide bonds. The smallest absolute Gasteiger partial charge is 0.324 e. The molecule has 68 valence electrons. The Kier molecular flexibility index (Phi) is 3.03. The van der Waals surface area contributed by atoms with Gasteiger partial charge in [0.05, 0.1) is 0 Å². The number of carbonyl (C=O) groups excluding carboxylic acids is 1. The molecule has 0 aliphatic rings. The van der Waals surface area contributed by atoms with Crippen LogP contribution in [-0.2, 0) is 4.79 Å². The molecule has 1 aromatic carbocycles. The largest absolute Gasteiger partial charge is 0.872 e. The molecule has 0 bridgehead atoms. The molecule has 1 rings (SSSR count). The fourth-order valence-corrected chi connectivity index (χ4v) is 0.927. The third kappa shape index (κ3) is 2.87. The molecule has 0 spiro atoms. The molecular weight excluding hydrogens is 195 g/mol. The van der Waals surface area contributed by atoms with Crippen molar-refractivity contribution >= 4 is 23.4 Å². The number of hydrogen-bond acceptors (Lipinski definition) is 2. The molecule has 4 heteroatoms. The first-order valence-corrected chi connectivity index (χ1v) is 3.81. The lowest BCUT2D eigenvalue weighted by atomic mass is 10.2. The van der Waals surface area contributed by atoms with E-state index in [1.54, 1.807) is 0 Å². The predicted molar refractivity (Wildman–Crippen MR) is 45.5 cm³/mol. The van der Waals surface area contributed by atoms with Crippen molar-refractivity contribution in [3.05, 3.63) is 40.9 Å². The van der Waals surface area contributed by atoms with Gasteiger partial charge in [0.1, 0.15) is 0 Å². The van der Waals surface area contributed by atoms with Gasteiger partial charge in [-0.15, -0.1) is 0 Å². The molecule has 0 radical (unpaired) electrons. The Morgan fingerprint density at radius 2 is 1.92 bits per heavy atom. The first kappa shape index (κ1) is 9.74. The Balaban J connectivity index is 2.96. The maximum Gasteiger partial charge on any atom is 0.324 e. The molecular formula is C9H5ClFO2-. The number of halogens is 2. The summed E-state index contributed by atoms with van der Waals surface area (Å²) < 4.78 is 11.8. The summed E-state index contributed by atoms with van der Waals surface area (Å²) in [6.07, 6.45) is 0.392. The van der Waals surface area contributed by atoms with E-state index in [-0.39, 0.29) is 5.56 Å². The van der Waals surface area contributed by atoms with Crippen molar-refractivity contribution in [3.8, 4) is 0 Å². The third-order valence-corrected chi connectivity index (χ3v) is 1.63. The van der Waals surface area contributed by atoms with E-state index >= 15 is 0 Å². The van der Waals surface area contributed by atoms with Crippen LogP contribution in [-0.4, -0.2) is 6.04 Å². The van der Waals surface area contributed by atoms with Crippen LogP contribution in [0.15, 0.2) is 30.3 Å². The zero-order valence-corrected chi connectivity index (χ0v) is 7.22. The minimum absolute atomic E-state index is 0.232. The molecule has 0 saturated heterocycles. The van der Waals surface area contributed by atoms with Crippen LogP contribution in [0, 0.1) is 0 Å². The molecule has 1 aromatic rings. The predicted octanol–water partition coefficient (Wildman–Crippen LogP) is 1.54. The zero-order chi connectivity index (χ0) is 9.84. The van der Waals surface area contributed by atoms with E-state index in [1.165, 1.54) is 24.3 Å². The lowest BCUT2D eigenvalue weighted by Crippen LogP contribution is -2.03. The molecule has 0 saturated carbocycles. The highest BCUT2D eigenvalue weighted by atomic mass is 35.5. The van der Waals surface area contributed by atoms with E-state index < -0.39 is 11.8 Å². The van der Waals surface area contributed by atoms with Gasteiger partial charge in [0.25, 0.3) is 0 Å². The highest BCUT2D eigenvalue weighted by Crippen LogP contribution is 2.13. The summed E-state index contributed by atoms with van der Waals surface area (Å²) in [6, 6.07) is 4.07. The molecule has 0 atom stereocenters. The number of allylic oxidation sites excluding steroid dienone is 1. The maximum absolute atomic E-state index is 11.8. The van der Waals surface area contributed by atoms with E-state index in [1.807, 2.05) is 0 Å².